The number of ether oxygens (including phenoxy) is 2. The van der Waals surface area contributed by atoms with E-state index in [2.05, 4.69) is 90.0 Å². The van der Waals surface area contributed by atoms with Gasteiger partial charge in [0.15, 0.2) is 36.7 Å². The van der Waals surface area contributed by atoms with Crippen LogP contribution in [0.5, 0.6) is 0 Å². The van der Waals surface area contributed by atoms with Gasteiger partial charge in [-0.05, 0) is 72.7 Å². The fourth-order valence-corrected chi connectivity index (χ4v) is 21.4. The molecule has 3 fully saturated rings. The van der Waals surface area contributed by atoms with E-state index in [1.807, 2.05) is 6.92 Å². The molecule has 276 valence electrons. The Balaban J connectivity index is 2.27. The van der Waals surface area contributed by atoms with Crippen molar-refractivity contribution in [2.45, 2.75) is 210 Å². The average molecular weight is 717 g/mol. The Morgan fingerprint density at radius 3 is 1.74 bits per heavy atom. The molecule has 0 radical (unpaired) electrons. The first-order chi connectivity index (χ1) is 21.8. The fourth-order valence-electron chi connectivity index (χ4n) is 9.81. The normalized spacial score (nSPS) is 34.1. The Bertz CT molecular complexity index is 1010. The minimum atomic E-state index is -2.32. The van der Waals surface area contributed by atoms with Gasteiger partial charge in [0.25, 0.3) is 0 Å². The highest BCUT2D eigenvalue weighted by Gasteiger charge is 2.71. The smallest absolute Gasteiger partial charge is 0.341 e. The summed E-state index contributed by atoms with van der Waals surface area (Å²) in [5, 5.41) is 25.4. The van der Waals surface area contributed by atoms with E-state index in [0.717, 1.165) is 36.3 Å². The number of hydrogen-bond donors (Lipinski definition) is 2. The standard InChI is InChI=1S/C36H72O8Si3/c1-15-45(16-2,17-3)43-30-23-34(14,44-46(18-4,19-5)20-6)29-21-22-35(38)31(41-29)32(42-33(35)37)36(30,39)28(13)24-40-47(25(7)8,26(9)10)27(11)12/h25-32,38-39H,15-24H2,1-14H3/t28-,29-,30+,31-,32-,34-,35+,36-/m1/s1. The molecular formula is C36H72O8Si3. The lowest BCUT2D eigenvalue weighted by Crippen LogP contribution is -2.72. The quantitative estimate of drug-likeness (QED) is 0.114. The second-order valence-electron chi connectivity index (χ2n) is 16.5. The molecule has 0 aromatic rings. The maximum Gasteiger partial charge on any atom is 0.341 e. The highest BCUT2D eigenvalue weighted by molar-refractivity contribution is 6.77. The molecule has 3 aliphatic rings. The molecular weight excluding hydrogens is 645 g/mol. The highest BCUT2D eigenvalue weighted by atomic mass is 28.4. The van der Waals surface area contributed by atoms with Gasteiger partial charge in [-0.1, -0.05) is 90.0 Å². The second-order valence-corrected chi connectivity index (χ2v) is 31.3. The zero-order valence-electron chi connectivity index (χ0n) is 32.5. The summed E-state index contributed by atoms with van der Waals surface area (Å²) in [5.41, 5.74) is -3.18. The lowest BCUT2D eigenvalue weighted by atomic mass is 9.68. The summed E-state index contributed by atoms with van der Waals surface area (Å²) >= 11 is 0. The summed E-state index contributed by atoms with van der Waals surface area (Å²) < 4.78 is 34.9. The predicted molar refractivity (Wildman–Crippen MR) is 197 cm³/mol. The summed E-state index contributed by atoms with van der Waals surface area (Å²) in [6.45, 7) is 31.3. The van der Waals surface area contributed by atoms with Crippen molar-refractivity contribution in [1.82, 2.24) is 0 Å². The van der Waals surface area contributed by atoms with Crippen molar-refractivity contribution in [2.75, 3.05) is 6.61 Å². The Hall–Kier alpha value is -0.119. The van der Waals surface area contributed by atoms with Crippen molar-refractivity contribution in [3.8, 4) is 0 Å². The van der Waals surface area contributed by atoms with Crippen LogP contribution in [0.2, 0.25) is 52.9 Å². The minimum Gasteiger partial charge on any atom is -0.454 e. The third-order valence-electron chi connectivity index (χ3n) is 13.5. The van der Waals surface area contributed by atoms with Gasteiger partial charge >= 0.3 is 5.97 Å². The molecule has 0 saturated carbocycles. The second kappa shape index (κ2) is 15.2. The first kappa shape index (κ1) is 41.3. The van der Waals surface area contributed by atoms with Crippen LogP contribution in [0, 0.1) is 5.92 Å². The number of fused-ring (bicyclic) bond motifs is 1. The third-order valence-corrected chi connectivity index (χ3v) is 29.0. The van der Waals surface area contributed by atoms with Crippen LogP contribution < -0.4 is 0 Å². The molecule has 3 heterocycles. The SMILES string of the molecule is CC[Si](CC)(CC)O[C@H]1C[C@@](C)(O[Si](CC)(CC)CC)[C@H]2CC[C@@]3(O)C(=O)O[C@H]([C@H]3O2)[C@@]1(O)[C@H](C)CO[Si](C(C)C)(C(C)C)C(C)C. The van der Waals surface area contributed by atoms with Crippen molar-refractivity contribution in [1.29, 1.82) is 0 Å². The van der Waals surface area contributed by atoms with E-state index in [1.54, 1.807) is 0 Å². The van der Waals surface area contributed by atoms with Gasteiger partial charge in [0, 0.05) is 18.9 Å². The van der Waals surface area contributed by atoms with Gasteiger partial charge in [0.2, 0.25) is 0 Å². The van der Waals surface area contributed by atoms with Gasteiger partial charge in [-0.2, -0.15) is 0 Å². The monoisotopic (exact) mass is 716 g/mol. The molecule has 2 bridgehead atoms. The molecule has 3 rings (SSSR count). The first-order valence-electron chi connectivity index (χ1n) is 19.1. The van der Waals surface area contributed by atoms with Crippen LogP contribution in [0.1, 0.15) is 116 Å². The molecule has 8 nitrogen and oxygen atoms in total. The maximum absolute atomic E-state index is 13.6. The Labute approximate surface area is 290 Å². The van der Waals surface area contributed by atoms with Gasteiger partial charge in [0.1, 0.15) is 11.7 Å². The first-order valence-corrected chi connectivity index (χ1v) is 26.3. The molecule has 8 atom stereocenters. The molecule has 0 spiro atoms. The van der Waals surface area contributed by atoms with E-state index in [1.165, 1.54) is 0 Å². The molecule has 0 aromatic heterocycles. The molecule has 3 aliphatic heterocycles. The summed E-state index contributed by atoms with van der Waals surface area (Å²) in [6, 6.07) is 5.66. The summed E-state index contributed by atoms with van der Waals surface area (Å²) in [4.78, 5) is 13.6. The van der Waals surface area contributed by atoms with E-state index in [0.29, 0.717) is 36.1 Å². The topological polar surface area (TPSA) is 104 Å². The highest BCUT2D eigenvalue weighted by Crippen LogP contribution is 2.53. The predicted octanol–water partition coefficient (Wildman–Crippen LogP) is 8.32. The number of carbonyl (C=O) groups excluding carboxylic acids is 1. The number of rotatable bonds is 17. The van der Waals surface area contributed by atoms with Crippen molar-refractivity contribution < 1.29 is 37.8 Å². The molecule has 47 heavy (non-hydrogen) atoms. The van der Waals surface area contributed by atoms with E-state index >= 15 is 0 Å². The summed E-state index contributed by atoms with van der Waals surface area (Å²) in [7, 11) is -6.79. The lowest BCUT2D eigenvalue weighted by molar-refractivity contribution is -0.272. The van der Waals surface area contributed by atoms with Gasteiger partial charge in [0.05, 0.1) is 17.8 Å². The van der Waals surface area contributed by atoms with Crippen molar-refractivity contribution in [3.05, 3.63) is 0 Å². The van der Waals surface area contributed by atoms with Crippen molar-refractivity contribution in [2.24, 2.45) is 5.92 Å². The van der Waals surface area contributed by atoms with E-state index in [9.17, 15) is 15.0 Å². The number of carbonyl (C=O) groups is 1. The van der Waals surface area contributed by atoms with E-state index < -0.39 is 72.0 Å². The summed E-state index contributed by atoms with van der Waals surface area (Å²) in [6.07, 6.45) is -2.08. The van der Waals surface area contributed by atoms with Crippen LogP contribution in [-0.2, 0) is 27.5 Å². The van der Waals surface area contributed by atoms with Gasteiger partial charge in [-0.3, -0.25) is 0 Å². The number of esters is 1. The zero-order chi connectivity index (χ0) is 35.8. The van der Waals surface area contributed by atoms with Gasteiger partial charge in [-0.15, -0.1) is 0 Å². The Morgan fingerprint density at radius 2 is 1.30 bits per heavy atom. The lowest BCUT2D eigenvalue weighted by Gasteiger charge is -2.57. The molecule has 0 aliphatic carbocycles. The van der Waals surface area contributed by atoms with Gasteiger partial charge < -0.3 is 33.0 Å². The van der Waals surface area contributed by atoms with Crippen LogP contribution in [0.25, 0.3) is 0 Å². The number of hydrogen-bond acceptors (Lipinski definition) is 8. The maximum atomic E-state index is 13.6. The molecule has 0 amide bonds. The fraction of sp³-hybridized carbons (Fsp3) is 0.972. The van der Waals surface area contributed by atoms with Crippen molar-refractivity contribution >= 4 is 30.9 Å². The van der Waals surface area contributed by atoms with E-state index in [-0.39, 0.29) is 12.5 Å². The van der Waals surface area contributed by atoms with Crippen LogP contribution in [-0.4, -0.2) is 89.0 Å². The Kier molecular flexibility index (Phi) is 13.4. The molecule has 3 saturated heterocycles. The van der Waals surface area contributed by atoms with Crippen LogP contribution >= 0.6 is 0 Å². The molecule has 0 unspecified atom stereocenters. The van der Waals surface area contributed by atoms with Crippen LogP contribution in [0.15, 0.2) is 0 Å². The Morgan fingerprint density at radius 1 is 0.809 bits per heavy atom. The van der Waals surface area contributed by atoms with Crippen LogP contribution in [0.4, 0.5) is 0 Å². The number of aliphatic hydroxyl groups is 2. The van der Waals surface area contributed by atoms with Crippen molar-refractivity contribution in [3.63, 3.8) is 0 Å². The van der Waals surface area contributed by atoms with Crippen LogP contribution in [0.3, 0.4) is 0 Å². The minimum absolute atomic E-state index is 0.212. The summed E-state index contributed by atoms with van der Waals surface area (Å²) in [5.74, 6) is -1.19. The molecule has 2 N–H and O–H groups in total. The molecule has 11 heteroatoms. The third kappa shape index (κ3) is 7.06. The largest absolute Gasteiger partial charge is 0.454 e. The zero-order valence-corrected chi connectivity index (χ0v) is 35.5. The van der Waals surface area contributed by atoms with E-state index in [4.69, 9.17) is 22.8 Å². The molecule has 0 aromatic carbocycles. The average Bonchev–Trinajstić information content (AvgIpc) is 3.30. The van der Waals surface area contributed by atoms with Gasteiger partial charge in [-0.25, -0.2) is 4.79 Å².